The lowest BCUT2D eigenvalue weighted by Crippen LogP contribution is -1.98. The summed E-state index contributed by atoms with van der Waals surface area (Å²) in [6.45, 7) is 1.91. The maximum Gasteiger partial charge on any atom is 0.127 e. The number of aryl methyl sites for hydroxylation is 1. The highest BCUT2D eigenvalue weighted by molar-refractivity contribution is 5.48. The molecule has 0 saturated carbocycles. The lowest BCUT2D eigenvalue weighted by atomic mass is 10.3. The van der Waals surface area contributed by atoms with Crippen molar-refractivity contribution in [3.63, 3.8) is 0 Å². The van der Waals surface area contributed by atoms with Crippen LogP contribution in [0.25, 0.3) is 11.4 Å². The Labute approximate surface area is 109 Å². The fraction of sp³-hybridized carbons (Fsp3) is 0.0769. The summed E-state index contributed by atoms with van der Waals surface area (Å²) in [5.74, 6) is -0.387. The molecule has 0 aliphatic heterocycles. The molecule has 0 atom stereocenters. The molecule has 0 radical (unpaired) electrons. The minimum Gasteiger partial charge on any atom is -0.399 e. The van der Waals surface area contributed by atoms with Gasteiger partial charge in [0, 0.05) is 11.9 Å². The van der Waals surface area contributed by atoms with Gasteiger partial charge in [0.15, 0.2) is 0 Å². The van der Waals surface area contributed by atoms with Crippen molar-refractivity contribution in [2.24, 2.45) is 0 Å². The van der Waals surface area contributed by atoms with E-state index in [1.807, 2.05) is 19.2 Å². The van der Waals surface area contributed by atoms with Gasteiger partial charge in [0.1, 0.15) is 11.5 Å². The van der Waals surface area contributed by atoms with Crippen LogP contribution in [-0.4, -0.2) is 19.6 Å². The molecule has 0 spiro atoms. The number of aromatic nitrogens is 4. The zero-order valence-electron chi connectivity index (χ0n) is 10.3. The molecule has 0 amide bonds. The summed E-state index contributed by atoms with van der Waals surface area (Å²) in [5.41, 5.74) is 8.28. The normalized spacial score (nSPS) is 10.8. The molecular weight excluding hydrogens is 245 g/mol. The second kappa shape index (κ2) is 4.24. The van der Waals surface area contributed by atoms with Crippen LogP contribution in [0.4, 0.5) is 10.1 Å². The van der Waals surface area contributed by atoms with E-state index >= 15 is 0 Å². The second-order valence-electron chi connectivity index (χ2n) is 4.29. The van der Waals surface area contributed by atoms with Crippen molar-refractivity contribution in [3.05, 3.63) is 54.4 Å². The molecule has 2 aromatic heterocycles. The molecule has 0 unspecified atom stereocenters. The van der Waals surface area contributed by atoms with Gasteiger partial charge in [0.25, 0.3) is 0 Å². The summed E-state index contributed by atoms with van der Waals surface area (Å²) >= 11 is 0. The zero-order valence-corrected chi connectivity index (χ0v) is 10.3. The SMILES string of the molecule is Cc1ccn(-c2cnn(-c3cc(N)cc(F)c3)c2)n1. The van der Waals surface area contributed by atoms with Crippen LogP contribution in [0.1, 0.15) is 5.69 Å². The summed E-state index contributed by atoms with van der Waals surface area (Å²) in [5, 5.41) is 8.48. The van der Waals surface area contributed by atoms with Crippen molar-refractivity contribution in [2.45, 2.75) is 6.92 Å². The van der Waals surface area contributed by atoms with Crippen LogP contribution in [-0.2, 0) is 0 Å². The van der Waals surface area contributed by atoms with Crippen LogP contribution < -0.4 is 5.73 Å². The van der Waals surface area contributed by atoms with Gasteiger partial charge >= 0.3 is 0 Å². The quantitative estimate of drug-likeness (QED) is 0.715. The van der Waals surface area contributed by atoms with Crippen molar-refractivity contribution in [3.8, 4) is 11.4 Å². The highest BCUT2D eigenvalue weighted by Crippen LogP contribution is 2.16. The molecule has 3 rings (SSSR count). The fourth-order valence-electron chi connectivity index (χ4n) is 1.86. The van der Waals surface area contributed by atoms with Gasteiger partial charge in [0.2, 0.25) is 0 Å². The summed E-state index contributed by atoms with van der Waals surface area (Å²) in [4.78, 5) is 0. The molecule has 19 heavy (non-hydrogen) atoms. The number of anilines is 1. The summed E-state index contributed by atoms with van der Waals surface area (Å²) in [6, 6.07) is 6.21. The molecule has 1 aromatic carbocycles. The molecule has 2 heterocycles. The molecule has 0 fully saturated rings. The van der Waals surface area contributed by atoms with E-state index < -0.39 is 0 Å². The number of rotatable bonds is 2. The first-order valence-corrected chi connectivity index (χ1v) is 5.75. The van der Waals surface area contributed by atoms with E-state index in [1.165, 1.54) is 12.1 Å². The third-order valence-corrected chi connectivity index (χ3v) is 2.73. The van der Waals surface area contributed by atoms with Gasteiger partial charge in [-0.05, 0) is 31.2 Å². The lowest BCUT2D eigenvalue weighted by Gasteiger charge is -2.02. The smallest absolute Gasteiger partial charge is 0.127 e. The van der Waals surface area contributed by atoms with Crippen LogP contribution in [0.5, 0.6) is 0 Å². The minimum absolute atomic E-state index is 0.363. The second-order valence-corrected chi connectivity index (χ2v) is 4.29. The van der Waals surface area contributed by atoms with Crippen LogP contribution in [0.2, 0.25) is 0 Å². The predicted octanol–water partition coefficient (Wildman–Crippen LogP) is 2.09. The van der Waals surface area contributed by atoms with Crippen molar-refractivity contribution in [2.75, 3.05) is 5.73 Å². The van der Waals surface area contributed by atoms with Gasteiger partial charge in [-0.15, -0.1) is 0 Å². The van der Waals surface area contributed by atoms with Gasteiger partial charge in [-0.1, -0.05) is 0 Å². The third-order valence-electron chi connectivity index (χ3n) is 2.73. The molecule has 0 bridgehead atoms. The third kappa shape index (κ3) is 2.20. The molecule has 6 heteroatoms. The zero-order chi connectivity index (χ0) is 13.4. The molecule has 2 N–H and O–H groups in total. The van der Waals surface area contributed by atoms with Gasteiger partial charge in [-0.3, -0.25) is 0 Å². The number of nitrogen functional groups attached to an aromatic ring is 1. The average Bonchev–Trinajstić information content (AvgIpc) is 2.95. The fourth-order valence-corrected chi connectivity index (χ4v) is 1.86. The Morgan fingerprint density at radius 2 is 2.00 bits per heavy atom. The first kappa shape index (κ1) is 11.5. The van der Waals surface area contributed by atoms with E-state index in [1.54, 1.807) is 27.8 Å². The van der Waals surface area contributed by atoms with E-state index in [0.717, 1.165) is 11.4 Å². The highest BCUT2D eigenvalue weighted by atomic mass is 19.1. The number of nitrogens with zero attached hydrogens (tertiary/aromatic N) is 4. The summed E-state index contributed by atoms with van der Waals surface area (Å²) in [7, 11) is 0. The largest absolute Gasteiger partial charge is 0.399 e. The number of benzene rings is 1. The average molecular weight is 257 g/mol. The van der Waals surface area contributed by atoms with Crippen molar-refractivity contribution in [1.29, 1.82) is 0 Å². The van der Waals surface area contributed by atoms with Crippen molar-refractivity contribution in [1.82, 2.24) is 19.6 Å². The Morgan fingerprint density at radius 1 is 1.16 bits per heavy atom. The number of halogens is 1. The number of nitrogens with two attached hydrogens (primary N) is 1. The van der Waals surface area contributed by atoms with E-state index in [2.05, 4.69) is 10.2 Å². The monoisotopic (exact) mass is 257 g/mol. The van der Waals surface area contributed by atoms with E-state index in [0.29, 0.717) is 11.4 Å². The molecule has 5 nitrogen and oxygen atoms in total. The lowest BCUT2D eigenvalue weighted by molar-refractivity contribution is 0.626. The molecule has 96 valence electrons. The van der Waals surface area contributed by atoms with Gasteiger partial charge in [-0.25, -0.2) is 13.8 Å². The standard InChI is InChI=1S/C13H12FN5/c1-9-2-3-18(17-9)13-7-16-19(8-13)12-5-10(14)4-11(15)6-12/h2-8H,15H2,1H3. The first-order valence-electron chi connectivity index (χ1n) is 5.75. The predicted molar refractivity (Wildman–Crippen MR) is 69.8 cm³/mol. The van der Waals surface area contributed by atoms with E-state index in [9.17, 15) is 4.39 Å². The number of hydrogen-bond donors (Lipinski definition) is 1. The Morgan fingerprint density at radius 3 is 2.68 bits per heavy atom. The Hall–Kier alpha value is -2.63. The Kier molecular flexibility index (Phi) is 2.56. The van der Waals surface area contributed by atoms with Crippen LogP contribution >= 0.6 is 0 Å². The summed E-state index contributed by atoms with van der Waals surface area (Å²) in [6.07, 6.45) is 5.27. The minimum atomic E-state index is -0.387. The highest BCUT2D eigenvalue weighted by Gasteiger charge is 2.05. The van der Waals surface area contributed by atoms with E-state index in [-0.39, 0.29) is 5.82 Å². The maximum atomic E-state index is 13.3. The molecular formula is C13H12FN5. The van der Waals surface area contributed by atoms with Crippen LogP contribution in [0.3, 0.4) is 0 Å². The molecule has 0 aliphatic rings. The first-order chi connectivity index (χ1) is 9.11. The van der Waals surface area contributed by atoms with Gasteiger partial charge in [0.05, 0.1) is 23.8 Å². The van der Waals surface area contributed by atoms with Gasteiger partial charge < -0.3 is 5.73 Å². The molecule has 0 aliphatic carbocycles. The van der Waals surface area contributed by atoms with E-state index in [4.69, 9.17) is 5.73 Å². The van der Waals surface area contributed by atoms with Crippen molar-refractivity contribution < 1.29 is 4.39 Å². The topological polar surface area (TPSA) is 61.7 Å². The molecule has 3 aromatic rings. The van der Waals surface area contributed by atoms with Gasteiger partial charge in [-0.2, -0.15) is 10.2 Å². The maximum absolute atomic E-state index is 13.3. The Bertz CT molecular complexity index is 708. The molecule has 0 saturated heterocycles. The van der Waals surface area contributed by atoms with Crippen LogP contribution in [0, 0.1) is 12.7 Å². The summed E-state index contributed by atoms with van der Waals surface area (Å²) < 4.78 is 16.6. The van der Waals surface area contributed by atoms with Crippen molar-refractivity contribution >= 4 is 5.69 Å². The Balaban J connectivity index is 2.01. The number of hydrogen-bond acceptors (Lipinski definition) is 3. The van der Waals surface area contributed by atoms with Crippen LogP contribution in [0.15, 0.2) is 42.9 Å².